The van der Waals surface area contributed by atoms with Crippen molar-refractivity contribution < 1.29 is 21.6 Å². The highest BCUT2D eigenvalue weighted by atomic mass is 35.5. The summed E-state index contributed by atoms with van der Waals surface area (Å²) in [4.78, 5) is -0.0208. The first-order chi connectivity index (χ1) is 19.5. The van der Waals surface area contributed by atoms with Gasteiger partial charge in [-0.25, -0.2) is 17.2 Å². The largest absolute Gasteiger partial charge is 0.404 e. The van der Waals surface area contributed by atoms with Gasteiger partial charge in [0.2, 0.25) is 0 Å². The number of benzene rings is 4. The summed E-state index contributed by atoms with van der Waals surface area (Å²) in [6, 6.07) is 28.9. The molecule has 0 aliphatic heterocycles. The van der Waals surface area contributed by atoms with E-state index in [0.29, 0.717) is 5.02 Å². The fourth-order valence-corrected chi connectivity index (χ4v) is 11.5. The Morgan fingerprint density at radius 3 is 1.93 bits per heavy atom. The minimum absolute atomic E-state index is 0.0208. The molecule has 3 nitrogen and oxygen atoms in total. The minimum Gasteiger partial charge on any atom is -0.404 e. The van der Waals surface area contributed by atoms with Crippen LogP contribution < -0.4 is 10.4 Å². The van der Waals surface area contributed by atoms with E-state index in [1.807, 2.05) is 36.4 Å². The number of allylic oxidation sites excluding steroid dienone is 1. The predicted octanol–water partition coefficient (Wildman–Crippen LogP) is 7.66. The van der Waals surface area contributed by atoms with E-state index >= 15 is 0 Å². The molecule has 0 N–H and O–H groups in total. The van der Waals surface area contributed by atoms with E-state index in [4.69, 9.17) is 16.0 Å². The molecule has 0 bridgehead atoms. The van der Waals surface area contributed by atoms with Gasteiger partial charge in [0.25, 0.3) is 8.32 Å². The Hall–Kier alpha value is -3.10. The lowest BCUT2D eigenvalue weighted by molar-refractivity contribution is 0.339. The van der Waals surface area contributed by atoms with Crippen molar-refractivity contribution in [1.82, 2.24) is 0 Å². The fourth-order valence-electron chi connectivity index (χ4n) is 5.19. The molecule has 4 aromatic rings. The van der Waals surface area contributed by atoms with Crippen molar-refractivity contribution in [2.45, 2.75) is 42.4 Å². The van der Waals surface area contributed by atoms with Gasteiger partial charge in [-0.15, -0.1) is 0 Å². The summed E-state index contributed by atoms with van der Waals surface area (Å²) in [5, 5.41) is 1.05. The average molecular weight is 611 g/mol. The summed E-state index contributed by atoms with van der Waals surface area (Å²) in [5.41, 5.74) is -0.225. The van der Waals surface area contributed by atoms with E-state index in [-0.39, 0.29) is 28.5 Å². The monoisotopic (exact) mass is 610 g/mol. The van der Waals surface area contributed by atoms with Crippen LogP contribution in [0.3, 0.4) is 0 Å². The zero-order valence-corrected chi connectivity index (χ0v) is 25.8. The van der Waals surface area contributed by atoms with Gasteiger partial charge in [0.1, 0.15) is 11.6 Å². The molecule has 0 heterocycles. The summed E-state index contributed by atoms with van der Waals surface area (Å²) in [6.45, 7) is 6.73. The first-order valence-corrected chi connectivity index (χ1v) is 17.1. The van der Waals surface area contributed by atoms with Crippen LogP contribution in [0.2, 0.25) is 10.1 Å². The molecule has 0 aliphatic carbocycles. The molecule has 8 heteroatoms. The second-order valence-corrected chi connectivity index (χ2v) is 17.7. The molecule has 0 radical (unpaired) electrons. The zero-order valence-electron chi connectivity index (χ0n) is 23.2. The van der Waals surface area contributed by atoms with Gasteiger partial charge >= 0.3 is 0 Å². The Balaban J connectivity index is 1.66. The van der Waals surface area contributed by atoms with Gasteiger partial charge < -0.3 is 4.43 Å². The molecule has 0 saturated heterocycles. The van der Waals surface area contributed by atoms with Crippen molar-refractivity contribution in [1.29, 1.82) is 0 Å². The number of sulfone groups is 1. The van der Waals surface area contributed by atoms with Crippen molar-refractivity contribution >= 4 is 40.1 Å². The average Bonchev–Trinajstić information content (AvgIpc) is 2.95. The third kappa shape index (κ3) is 6.70. The second kappa shape index (κ2) is 12.8. The Labute approximate surface area is 247 Å². The lowest BCUT2D eigenvalue weighted by atomic mass is 10.1. The van der Waals surface area contributed by atoms with Gasteiger partial charge in [-0.3, -0.25) is 0 Å². The molecule has 0 aromatic heterocycles. The van der Waals surface area contributed by atoms with Crippen LogP contribution in [-0.2, 0) is 14.3 Å². The summed E-state index contributed by atoms with van der Waals surface area (Å²) < 4.78 is 63.1. The highest BCUT2D eigenvalue weighted by molar-refractivity contribution is 7.91. The standard InChI is InChI=1S/C33H33ClF2O3SSi/c1-33(2,3)41(28-12-6-4-7-13-28,29-14-8-5-9-15-29)39-23-11-10-16-32(30-24-26(35)19-22-31(30)36)40(37,38)27-20-17-25(34)18-21-27/h4-15,17-22,24,32H,16,23H2,1-3H3/b11-10-. The molecular formula is C33H33ClF2O3SSi. The molecule has 0 spiro atoms. The molecule has 1 atom stereocenters. The molecule has 0 fully saturated rings. The van der Waals surface area contributed by atoms with Crippen molar-refractivity contribution in [2.75, 3.05) is 6.61 Å². The highest BCUT2D eigenvalue weighted by Crippen LogP contribution is 2.37. The fraction of sp³-hybridized carbons (Fsp3) is 0.212. The number of hydrogen-bond donors (Lipinski definition) is 0. The smallest absolute Gasteiger partial charge is 0.261 e. The molecule has 214 valence electrons. The van der Waals surface area contributed by atoms with Gasteiger partial charge in [0.15, 0.2) is 9.84 Å². The third-order valence-corrected chi connectivity index (χ3v) is 14.5. The Morgan fingerprint density at radius 1 is 0.829 bits per heavy atom. The Bertz CT molecular complexity index is 1550. The van der Waals surface area contributed by atoms with E-state index in [0.717, 1.165) is 28.6 Å². The van der Waals surface area contributed by atoms with Crippen molar-refractivity contribution in [3.63, 3.8) is 0 Å². The maximum Gasteiger partial charge on any atom is 0.261 e. The molecule has 41 heavy (non-hydrogen) atoms. The predicted molar refractivity (Wildman–Crippen MR) is 165 cm³/mol. The van der Waals surface area contributed by atoms with Gasteiger partial charge in [-0.1, -0.05) is 105 Å². The van der Waals surface area contributed by atoms with Gasteiger partial charge in [0.05, 0.1) is 16.8 Å². The van der Waals surface area contributed by atoms with Gasteiger partial charge in [0, 0.05) is 10.6 Å². The Kier molecular flexibility index (Phi) is 9.65. The maximum absolute atomic E-state index is 14.9. The van der Waals surface area contributed by atoms with Crippen molar-refractivity contribution in [3.05, 3.63) is 138 Å². The van der Waals surface area contributed by atoms with E-state index < -0.39 is 35.0 Å². The van der Waals surface area contributed by atoms with Crippen molar-refractivity contribution in [3.8, 4) is 0 Å². The maximum atomic E-state index is 14.9. The second-order valence-electron chi connectivity index (χ2n) is 10.8. The summed E-state index contributed by atoms with van der Waals surface area (Å²) in [5.74, 6) is -1.50. The van der Waals surface area contributed by atoms with E-state index in [2.05, 4.69) is 45.0 Å². The van der Waals surface area contributed by atoms with Crippen LogP contribution in [0.15, 0.2) is 120 Å². The van der Waals surface area contributed by atoms with E-state index in [9.17, 15) is 17.2 Å². The minimum atomic E-state index is -4.08. The molecule has 0 aliphatic rings. The molecule has 0 saturated carbocycles. The quantitative estimate of drug-likeness (QED) is 0.137. The van der Waals surface area contributed by atoms with Gasteiger partial charge in [-0.05, 0) is 64.3 Å². The van der Waals surface area contributed by atoms with Crippen LogP contribution in [-0.4, -0.2) is 23.3 Å². The molecule has 1 unspecified atom stereocenters. The van der Waals surface area contributed by atoms with Crippen LogP contribution in [0, 0.1) is 11.6 Å². The third-order valence-electron chi connectivity index (χ3n) is 7.15. The van der Waals surface area contributed by atoms with Crippen molar-refractivity contribution in [2.24, 2.45) is 0 Å². The number of halogens is 3. The van der Waals surface area contributed by atoms with Crippen LogP contribution >= 0.6 is 11.6 Å². The van der Waals surface area contributed by atoms with Crippen LogP contribution in [0.1, 0.15) is 38.0 Å². The van der Waals surface area contributed by atoms with Gasteiger partial charge in [-0.2, -0.15) is 0 Å². The van der Waals surface area contributed by atoms with Crippen LogP contribution in [0.25, 0.3) is 0 Å². The molecule has 4 aromatic carbocycles. The lowest BCUT2D eigenvalue weighted by Crippen LogP contribution is -2.66. The first kappa shape index (κ1) is 30.8. The SMILES string of the molecule is CC(C)(C)[Si](OC/C=C\CC(c1cc(F)ccc1F)S(=O)(=O)c1ccc(Cl)cc1)(c1ccccc1)c1ccccc1. The summed E-state index contributed by atoms with van der Waals surface area (Å²) in [7, 11) is -6.88. The first-order valence-electron chi connectivity index (χ1n) is 13.3. The Morgan fingerprint density at radius 2 is 1.39 bits per heavy atom. The molecular weight excluding hydrogens is 578 g/mol. The van der Waals surface area contributed by atoms with E-state index in [1.165, 1.54) is 24.3 Å². The highest BCUT2D eigenvalue weighted by Gasteiger charge is 2.49. The summed E-state index contributed by atoms with van der Waals surface area (Å²) >= 11 is 5.95. The lowest BCUT2D eigenvalue weighted by Gasteiger charge is -2.42. The number of rotatable bonds is 10. The van der Waals surface area contributed by atoms with Crippen LogP contribution in [0.4, 0.5) is 8.78 Å². The molecule has 4 rings (SSSR count). The summed E-state index contributed by atoms with van der Waals surface area (Å²) in [6.07, 6.45) is 3.36. The topological polar surface area (TPSA) is 43.4 Å². The molecule has 0 amide bonds. The van der Waals surface area contributed by atoms with Crippen LogP contribution in [0.5, 0.6) is 0 Å². The number of hydrogen-bond acceptors (Lipinski definition) is 3. The normalized spacial score (nSPS) is 13.4. The van der Waals surface area contributed by atoms with E-state index in [1.54, 1.807) is 12.2 Å². The zero-order chi connectivity index (χ0) is 29.7.